The molecule has 0 bridgehead atoms. The number of carbonyl (C=O) groups excluding carboxylic acids is 3. The Labute approximate surface area is 154 Å². The van der Waals surface area contributed by atoms with Crippen LogP contribution in [-0.4, -0.2) is 52.5 Å². The number of Topliss-reactive ketones (excluding diaryl/α,β-unsaturated/α-hetero) is 1. The Morgan fingerprint density at radius 3 is 2.04 bits per heavy atom. The lowest BCUT2D eigenvalue weighted by molar-refractivity contribution is -0.153. The Kier molecular flexibility index (Phi) is 10.1. The molecule has 0 heterocycles. The number of amides is 2. The van der Waals surface area contributed by atoms with Gasteiger partial charge in [-0.25, -0.2) is 0 Å². The smallest absolute Gasteiger partial charge is 0.316 e. The largest absolute Gasteiger partial charge is 0.481 e. The zero-order chi connectivity index (χ0) is 20.5. The maximum atomic E-state index is 12.2. The van der Waals surface area contributed by atoms with Crippen LogP contribution >= 0.6 is 0 Å². The SMILES string of the molecule is CC(C)CCCCC(=O)N[C@@H](CO)C(=O)N[C@@H](C)C(=O)C(C)(C)C(=O)O. The molecule has 4 N–H and O–H groups in total. The maximum Gasteiger partial charge on any atom is 0.316 e. The van der Waals surface area contributed by atoms with Gasteiger partial charge in [0.25, 0.3) is 0 Å². The standard InChI is InChI=1S/C18H32N2O6/c1-11(2)8-6-7-9-14(22)20-13(10-21)16(24)19-12(3)15(23)18(4,5)17(25)26/h11-13,21H,6-10H2,1-5H3,(H,19,24)(H,20,22)(H,25,26)/t12-,13-/m0/s1. The number of hydrogen-bond acceptors (Lipinski definition) is 5. The summed E-state index contributed by atoms with van der Waals surface area (Å²) in [4.78, 5) is 47.3. The fourth-order valence-corrected chi connectivity index (χ4v) is 2.32. The molecule has 0 unspecified atom stereocenters. The van der Waals surface area contributed by atoms with E-state index in [1.807, 2.05) is 0 Å². The van der Waals surface area contributed by atoms with Gasteiger partial charge >= 0.3 is 5.97 Å². The van der Waals surface area contributed by atoms with Gasteiger partial charge in [0.15, 0.2) is 5.78 Å². The van der Waals surface area contributed by atoms with Crippen LogP contribution in [0.5, 0.6) is 0 Å². The molecule has 8 heteroatoms. The average molecular weight is 372 g/mol. The molecule has 8 nitrogen and oxygen atoms in total. The van der Waals surface area contributed by atoms with Gasteiger partial charge in [0.1, 0.15) is 11.5 Å². The van der Waals surface area contributed by atoms with Crippen molar-refractivity contribution in [3.63, 3.8) is 0 Å². The van der Waals surface area contributed by atoms with Crippen molar-refractivity contribution in [1.82, 2.24) is 10.6 Å². The highest BCUT2D eigenvalue weighted by molar-refractivity contribution is 6.06. The summed E-state index contributed by atoms with van der Waals surface area (Å²) in [5.74, 6) is -2.49. The zero-order valence-electron chi connectivity index (χ0n) is 16.3. The van der Waals surface area contributed by atoms with Gasteiger partial charge in [-0.1, -0.05) is 26.7 Å². The van der Waals surface area contributed by atoms with Gasteiger partial charge in [0.05, 0.1) is 12.6 Å². The summed E-state index contributed by atoms with van der Waals surface area (Å²) in [6.07, 6.45) is 2.84. The quantitative estimate of drug-likeness (QED) is 0.297. The lowest BCUT2D eigenvalue weighted by atomic mass is 9.84. The van der Waals surface area contributed by atoms with Crippen LogP contribution in [0.1, 0.15) is 60.3 Å². The Morgan fingerprint density at radius 2 is 1.58 bits per heavy atom. The summed E-state index contributed by atoms with van der Waals surface area (Å²) in [6.45, 7) is 7.45. The highest BCUT2D eigenvalue weighted by Crippen LogP contribution is 2.18. The molecule has 0 aromatic carbocycles. The summed E-state index contributed by atoms with van der Waals surface area (Å²) in [6, 6.07) is -2.25. The van der Waals surface area contributed by atoms with E-state index in [2.05, 4.69) is 24.5 Å². The van der Waals surface area contributed by atoms with E-state index in [0.717, 1.165) is 12.8 Å². The van der Waals surface area contributed by atoms with E-state index in [4.69, 9.17) is 5.11 Å². The number of ketones is 1. The van der Waals surface area contributed by atoms with Crippen molar-refractivity contribution in [2.75, 3.05) is 6.61 Å². The second kappa shape index (κ2) is 10.9. The van der Waals surface area contributed by atoms with Crippen LogP contribution < -0.4 is 10.6 Å². The van der Waals surface area contributed by atoms with E-state index in [9.17, 15) is 24.3 Å². The molecule has 0 fully saturated rings. The van der Waals surface area contributed by atoms with E-state index in [0.29, 0.717) is 12.3 Å². The molecular weight excluding hydrogens is 340 g/mol. The monoisotopic (exact) mass is 372 g/mol. The van der Waals surface area contributed by atoms with Crippen LogP contribution in [0, 0.1) is 11.3 Å². The first-order valence-electron chi connectivity index (χ1n) is 8.91. The van der Waals surface area contributed by atoms with Gasteiger partial charge in [-0.05, 0) is 33.1 Å². The Balaban J connectivity index is 4.58. The van der Waals surface area contributed by atoms with Crippen LogP contribution in [0.15, 0.2) is 0 Å². The van der Waals surface area contributed by atoms with Crippen molar-refractivity contribution in [3.05, 3.63) is 0 Å². The number of aliphatic hydroxyl groups excluding tert-OH is 1. The highest BCUT2D eigenvalue weighted by Gasteiger charge is 2.39. The molecule has 0 aliphatic carbocycles. The van der Waals surface area contributed by atoms with Crippen molar-refractivity contribution >= 4 is 23.6 Å². The number of nitrogens with one attached hydrogen (secondary N) is 2. The van der Waals surface area contributed by atoms with Crippen LogP contribution in [-0.2, 0) is 19.2 Å². The number of carboxylic acid groups (broad SMARTS) is 1. The molecule has 0 aliphatic heterocycles. The predicted molar refractivity (Wildman–Crippen MR) is 96.4 cm³/mol. The number of aliphatic carboxylic acids is 1. The molecule has 0 aliphatic rings. The molecular formula is C18H32N2O6. The fourth-order valence-electron chi connectivity index (χ4n) is 2.32. The Morgan fingerprint density at radius 1 is 1.00 bits per heavy atom. The average Bonchev–Trinajstić information content (AvgIpc) is 2.55. The first kappa shape index (κ1) is 24.0. The van der Waals surface area contributed by atoms with Crippen LogP contribution in [0.25, 0.3) is 0 Å². The third-order valence-corrected chi connectivity index (χ3v) is 4.17. The van der Waals surface area contributed by atoms with Crippen molar-refractivity contribution in [1.29, 1.82) is 0 Å². The van der Waals surface area contributed by atoms with E-state index >= 15 is 0 Å². The van der Waals surface area contributed by atoms with Gasteiger partial charge < -0.3 is 20.8 Å². The predicted octanol–water partition coefficient (Wildman–Crippen LogP) is 0.865. The highest BCUT2D eigenvalue weighted by atomic mass is 16.4. The third-order valence-electron chi connectivity index (χ3n) is 4.17. The second-order valence-corrected chi connectivity index (χ2v) is 7.47. The van der Waals surface area contributed by atoms with Crippen LogP contribution in [0.4, 0.5) is 0 Å². The molecule has 26 heavy (non-hydrogen) atoms. The number of unbranched alkanes of at least 4 members (excludes halogenated alkanes) is 1. The molecule has 0 saturated heterocycles. The van der Waals surface area contributed by atoms with Crippen molar-refractivity contribution < 1.29 is 29.4 Å². The van der Waals surface area contributed by atoms with Crippen LogP contribution in [0.2, 0.25) is 0 Å². The Hall–Kier alpha value is -1.96. The maximum absolute atomic E-state index is 12.2. The van der Waals surface area contributed by atoms with Gasteiger partial charge in [-0.15, -0.1) is 0 Å². The molecule has 0 aromatic rings. The minimum absolute atomic E-state index is 0.247. The number of aliphatic hydroxyl groups is 1. The van der Waals surface area contributed by atoms with Gasteiger partial charge in [-0.2, -0.15) is 0 Å². The molecule has 0 aromatic heterocycles. The zero-order valence-corrected chi connectivity index (χ0v) is 16.3. The summed E-state index contributed by atoms with van der Waals surface area (Å²) in [5, 5.41) is 23.2. The molecule has 150 valence electrons. The summed E-state index contributed by atoms with van der Waals surface area (Å²) in [7, 11) is 0. The van der Waals surface area contributed by atoms with Gasteiger partial charge in [0, 0.05) is 6.42 Å². The van der Waals surface area contributed by atoms with Crippen molar-refractivity contribution in [3.8, 4) is 0 Å². The lowest BCUT2D eigenvalue weighted by Crippen LogP contribution is -2.54. The van der Waals surface area contributed by atoms with E-state index in [-0.39, 0.29) is 12.3 Å². The van der Waals surface area contributed by atoms with Crippen LogP contribution in [0.3, 0.4) is 0 Å². The van der Waals surface area contributed by atoms with E-state index < -0.39 is 41.8 Å². The van der Waals surface area contributed by atoms with E-state index in [1.165, 1.54) is 20.8 Å². The second-order valence-electron chi connectivity index (χ2n) is 7.47. The first-order chi connectivity index (χ1) is 11.9. The number of hydrogen-bond donors (Lipinski definition) is 4. The number of carbonyl (C=O) groups is 4. The Bertz CT molecular complexity index is 516. The molecule has 0 radical (unpaired) electrons. The lowest BCUT2D eigenvalue weighted by Gasteiger charge is -2.24. The molecule has 2 amide bonds. The van der Waals surface area contributed by atoms with Crippen molar-refractivity contribution in [2.45, 2.75) is 72.4 Å². The van der Waals surface area contributed by atoms with Crippen molar-refractivity contribution in [2.24, 2.45) is 11.3 Å². The summed E-state index contributed by atoms with van der Waals surface area (Å²) >= 11 is 0. The number of rotatable bonds is 12. The topological polar surface area (TPSA) is 133 Å². The summed E-state index contributed by atoms with van der Waals surface area (Å²) < 4.78 is 0. The fraction of sp³-hybridized carbons (Fsp3) is 0.778. The number of carboxylic acids is 1. The normalized spacial score (nSPS) is 13.8. The minimum atomic E-state index is -1.65. The van der Waals surface area contributed by atoms with Gasteiger partial charge in [-0.3, -0.25) is 19.2 Å². The molecule has 0 rings (SSSR count). The minimum Gasteiger partial charge on any atom is -0.481 e. The molecule has 0 spiro atoms. The molecule has 0 saturated carbocycles. The summed E-state index contributed by atoms with van der Waals surface area (Å²) in [5.41, 5.74) is -1.65. The van der Waals surface area contributed by atoms with Gasteiger partial charge in [0.2, 0.25) is 11.8 Å². The van der Waals surface area contributed by atoms with E-state index in [1.54, 1.807) is 0 Å². The molecule has 2 atom stereocenters. The first-order valence-corrected chi connectivity index (χ1v) is 8.91. The third kappa shape index (κ3) is 7.95.